The number of amides is 1. The number of ether oxygens (including phenoxy) is 2. The summed E-state index contributed by atoms with van der Waals surface area (Å²) in [5.41, 5.74) is 0. The maximum Gasteiger partial charge on any atom is 0.220 e. The van der Waals surface area contributed by atoms with Crippen LogP contribution in [-0.2, 0) is 14.3 Å². The van der Waals surface area contributed by atoms with Crippen molar-refractivity contribution in [2.75, 3.05) is 13.2 Å². The van der Waals surface area contributed by atoms with Gasteiger partial charge < -0.3 is 40.3 Å². The van der Waals surface area contributed by atoms with Crippen LogP contribution in [0.25, 0.3) is 0 Å². The zero-order chi connectivity index (χ0) is 43.7. The molecule has 1 aliphatic heterocycles. The fourth-order valence-electron chi connectivity index (χ4n) is 7.89. The Morgan fingerprint density at radius 1 is 0.567 bits per heavy atom. The van der Waals surface area contributed by atoms with E-state index in [0.717, 1.165) is 51.4 Å². The van der Waals surface area contributed by atoms with Gasteiger partial charge in [-0.2, -0.15) is 0 Å². The molecule has 9 heteroatoms. The van der Waals surface area contributed by atoms with Crippen LogP contribution in [0.15, 0.2) is 36.5 Å². The lowest BCUT2D eigenvalue weighted by Crippen LogP contribution is -2.60. The lowest BCUT2D eigenvalue weighted by Gasteiger charge is -2.40. The minimum Gasteiger partial charge on any atom is -0.394 e. The van der Waals surface area contributed by atoms with Crippen molar-refractivity contribution in [2.45, 2.75) is 269 Å². The van der Waals surface area contributed by atoms with Gasteiger partial charge in [-0.3, -0.25) is 4.79 Å². The normalized spacial score (nSPS) is 20.8. The van der Waals surface area contributed by atoms with Crippen LogP contribution in [-0.4, -0.2) is 87.5 Å². The Labute approximate surface area is 368 Å². The first-order valence-electron chi connectivity index (χ1n) is 25.2. The topological polar surface area (TPSA) is 149 Å². The maximum absolute atomic E-state index is 12.9. The fourth-order valence-corrected chi connectivity index (χ4v) is 7.89. The van der Waals surface area contributed by atoms with Crippen LogP contribution in [0.3, 0.4) is 0 Å². The van der Waals surface area contributed by atoms with E-state index in [2.05, 4.69) is 43.5 Å². The van der Waals surface area contributed by atoms with Crippen LogP contribution in [0, 0.1) is 0 Å². The van der Waals surface area contributed by atoms with Crippen molar-refractivity contribution in [1.29, 1.82) is 0 Å². The van der Waals surface area contributed by atoms with Crippen LogP contribution in [0.5, 0.6) is 0 Å². The third-order valence-electron chi connectivity index (χ3n) is 12.0. The summed E-state index contributed by atoms with van der Waals surface area (Å²) in [7, 11) is 0. The summed E-state index contributed by atoms with van der Waals surface area (Å²) in [5, 5.41) is 53.8. The molecule has 1 fully saturated rings. The molecule has 1 heterocycles. The number of unbranched alkanes of at least 4 members (excludes halogenated alkanes) is 28. The zero-order valence-electron chi connectivity index (χ0n) is 38.7. The third-order valence-corrected chi connectivity index (χ3v) is 12.0. The molecule has 7 unspecified atom stereocenters. The van der Waals surface area contributed by atoms with E-state index >= 15 is 0 Å². The van der Waals surface area contributed by atoms with Crippen molar-refractivity contribution in [1.82, 2.24) is 5.32 Å². The number of allylic oxidation sites excluding steroid dienone is 5. The first-order valence-corrected chi connectivity index (χ1v) is 25.2. The van der Waals surface area contributed by atoms with Gasteiger partial charge in [0, 0.05) is 6.42 Å². The molecular weight excluding hydrogens is 755 g/mol. The highest BCUT2D eigenvalue weighted by Crippen LogP contribution is 2.23. The minimum atomic E-state index is -1.56. The van der Waals surface area contributed by atoms with E-state index in [9.17, 15) is 30.3 Å². The van der Waals surface area contributed by atoms with Gasteiger partial charge in [-0.25, -0.2) is 0 Å². The summed E-state index contributed by atoms with van der Waals surface area (Å²) in [5.74, 6) is -0.181. The van der Waals surface area contributed by atoms with Gasteiger partial charge in [-0.05, 0) is 51.4 Å². The molecule has 0 bridgehead atoms. The van der Waals surface area contributed by atoms with Gasteiger partial charge in [-0.15, -0.1) is 0 Å². The van der Waals surface area contributed by atoms with Gasteiger partial charge in [0.2, 0.25) is 5.91 Å². The lowest BCUT2D eigenvalue weighted by molar-refractivity contribution is -0.302. The fraction of sp³-hybridized carbons (Fsp3) is 0.863. The van der Waals surface area contributed by atoms with Crippen LogP contribution < -0.4 is 5.32 Å². The highest BCUT2D eigenvalue weighted by Gasteiger charge is 2.44. The first-order chi connectivity index (χ1) is 29.3. The lowest BCUT2D eigenvalue weighted by atomic mass is 9.99. The minimum absolute atomic E-state index is 0.181. The molecule has 1 aliphatic rings. The van der Waals surface area contributed by atoms with E-state index in [1.165, 1.54) is 154 Å². The molecule has 0 aromatic heterocycles. The van der Waals surface area contributed by atoms with Crippen LogP contribution in [0.2, 0.25) is 0 Å². The summed E-state index contributed by atoms with van der Waals surface area (Å²) in [6.07, 6.45) is 45.4. The number of rotatable bonds is 42. The summed E-state index contributed by atoms with van der Waals surface area (Å²) in [6, 6.07) is -0.799. The van der Waals surface area contributed by atoms with E-state index in [4.69, 9.17) is 9.47 Å². The van der Waals surface area contributed by atoms with Crippen LogP contribution in [0.4, 0.5) is 0 Å². The van der Waals surface area contributed by atoms with E-state index in [1.54, 1.807) is 6.08 Å². The molecule has 1 amide bonds. The number of aliphatic hydroxyl groups excluding tert-OH is 5. The van der Waals surface area contributed by atoms with E-state index in [0.29, 0.717) is 6.42 Å². The molecule has 1 saturated heterocycles. The Morgan fingerprint density at radius 3 is 1.45 bits per heavy atom. The summed E-state index contributed by atoms with van der Waals surface area (Å²) < 4.78 is 11.1. The molecule has 0 radical (unpaired) electrons. The second-order valence-corrected chi connectivity index (χ2v) is 17.6. The van der Waals surface area contributed by atoms with Crippen molar-refractivity contribution in [2.24, 2.45) is 0 Å². The molecule has 0 spiro atoms. The highest BCUT2D eigenvalue weighted by molar-refractivity contribution is 5.76. The molecule has 9 nitrogen and oxygen atoms in total. The van der Waals surface area contributed by atoms with Crippen molar-refractivity contribution >= 4 is 5.91 Å². The summed E-state index contributed by atoms with van der Waals surface area (Å²) >= 11 is 0. The molecule has 0 aliphatic carbocycles. The predicted molar refractivity (Wildman–Crippen MR) is 249 cm³/mol. The number of carbonyl (C=O) groups is 1. The monoisotopic (exact) mass is 850 g/mol. The number of carbonyl (C=O) groups excluding carboxylic acids is 1. The van der Waals surface area contributed by atoms with Gasteiger partial charge >= 0.3 is 0 Å². The summed E-state index contributed by atoms with van der Waals surface area (Å²) in [6.45, 7) is 3.68. The quantitative estimate of drug-likeness (QED) is 0.0263. The zero-order valence-corrected chi connectivity index (χ0v) is 38.7. The Morgan fingerprint density at radius 2 is 0.983 bits per heavy atom. The molecule has 1 rings (SSSR count). The number of nitrogens with one attached hydrogen (secondary N) is 1. The third kappa shape index (κ3) is 31.3. The maximum atomic E-state index is 12.9. The average Bonchev–Trinajstić information content (AvgIpc) is 3.25. The molecule has 0 saturated carbocycles. The average molecular weight is 850 g/mol. The van der Waals surface area contributed by atoms with E-state index in [1.807, 2.05) is 6.08 Å². The van der Waals surface area contributed by atoms with E-state index < -0.39 is 49.5 Å². The second-order valence-electron chi connectivity index (χ2n) is 17.6. The molecule has 6 N–H and O–H groups in total. The van der Waals surface area contributed by atoms with Gasteiger partial charge in [-0.1, -0.05) is 204 Å². The van der Waals surface area contributed by atoms with Gasteiger partial charge in [0.25, 0.3) is 0 Å². The van der Waals surface area contributed by atoms with Crippen molar-refractivity contribution < 1.29 is 39.8 Å². The van der Waals surface area contributed by atoms with E-state index in [-0.39, 0.29) is 12.5 Å². The smallest absolute Gasteiger partial charge is 0.220 e. The molecule has 60 heavy (non-hydrogen) atoms. The Hall–Kier alpha value is -1.59. The standard InChI is InChI=1S/C51H95NO8/c1-3-5-7-9-11-12-13-14-15-16-17-18-19-20-21-22-23-24-25-26-27-28-29-30-31-32-33-34-35-37-39-41-47(55)52-44(45(54)40-38-36-10-8-6-4-2)43-59-51-50(58)49(57)48(56)46(42-53)60-51/h13-14,16-17,38,40,44-46,48-51,53-54,56-58H,3-12,15,18-37,39,41-43H2,1-2H3,(H,52,55)/b14-13-,17-16-,40-38+. The highest BCUT2D eigenvalue weighted by atomic mass is 16.7. The van der Waals surface area contributed by atoms with Crippen LogP contribution in [0.1, 0.15) is 226 Å². The number of aliphatic hydroxyl groups is 5. The number of hydrogen-bond donors (Lipinski definition) is 6. The molecule has 0 aromatic rings. The molecular formula is C51H95NO8. The SMILES string of the molecule is CCCCCC/C=C/C(O)C(COC1OC(CO)C(O)C(O)C1O)NC(=O)CCCCCCCCCCCCCCCCCCCCC/C=C\C/C=C\CCCCCCC. The van der Waals surface area contributed by atoms with Gasteiger partial charge in [0.15, 0.2) is 6.29 Å². The Bertz CT molecular complexity index is 1030. The summed E-state index contributed by atoms with van der Waals surface area (Å²) in [4.78, 5) is 12.9. The first kappa shape index (κ1) is 56.4. The van der Waals surface area contributed by atoms with Crippen molar-refractivity contribution in [3.63, 3.8) is 0 Å². The van der Waals surface area contributed by atoms with Crippen LogP contribution >= 0.6 is 0 Å². The largest absolute Gasteiger partial charge is 0.394 e. The Kier molecular flexibility index (Phi) is 39.0. The van der Waals surface area contributed by atoms with Gasteiger partial charge in [0.05, 0.1) is 25.4 Å². The molecule has 7 atom stereocenters. The number of hydrogen-bond acceptors (Lipinski definition) is 8. The predicted octanol–water partition coefficient (Wildman–Crippen LogP) is 11.2. The van der Waals surface area contributed by atoms with Gasteiger partial charge in [0.1, 0.15) is 24.4 Å². The second kappa shape index (κ2) is 41.4. The van der Waals surface area contributed by atoms with Crippen molar-refractivity contribution in [3.8, 4) is 0 Å². The van der Waals surface area contributed by atoms with Crippen molar-refractivity contribution in [3.05, 3.63) is 36.5 Å². The molecule has 0 aromatic carbocycles. The molecule has 352 valence electrons. The Balaban J connectivity index is 2.05.